The molecule has 6 heteroatoms. The van der Waals surface area contributed by atoms with E-state index in [1.54, 1.807) is 24.3 Å². The van der Waals surface area contributed by atoms with Crippen LogP contribution in [0.15, 0.2) is 83.8 Å². The summed E-state index contributed by atoms with van der Waals surface area (Å²) < 4.78 is 28.0. The van der Waals surface area contributed by atoms with Crippen LogP contribution in [0, 0.1) is 6.92 Å². The Morgan fingerprint density at radius 3 is 2.13 bits per heavy atom. The molecular formula is C25H28N2O3S. The molecule has 0 fully saturated rings. The summed E-state index contributed by atoms with van der Waals surface area (Å²) in [4.78, 5) is 12.3. The van der Waals surface area contributed by atoms with Crippen molar-refractivity contribution in [3.63, 3.8) is 0 Å². The van der Waals surface area contributed by atoms with Crippen LogP contribution in [-0.4, -0.2) is 14.3 Å². The molecule has 0 bridgehead atoms. The Balaban J connectivity index is 1.51. The normalized spacial score (nSPS) is 12.3. The Morgan fingerprint density at radius 1 is 0.871 bits per heavy atom. The zero-order valence-electron chi connectivity index (χ0n) is 17.8. The molecular weight excluding hydrogens is 408 g/mol. The molecule has 0 aliphatic heterocycles. The zero-order chi connectivity index (χ0) is 22.3. The maximum atomic E-state index is 12.7. The average Bonchev–Trinajstić information content (AvgIpc) is 2.78. The van der Waals surface area contributed by atoms with Gasteiger partial charge in [0.15, 0.2) is 0 Å². The quantitative estimate of drug-likeness (QED) is 0.526. The lowest BCUT2D eigenvalue weighted by Gasteiger charge is -2.15. The van der Waals surface area contributed by atoms with Crippen molar-refractivity contribution in [1.29, 1.82) is 0 Å². The predicted octanol–water partition coefficient (Wildman–Crippen LogP) is 4.28. The first-order valence-electron chi connectivity index (χ1n) is 10.3. The van der Waals surface area contributed by atoms with E-state index >= 15 is 0 Å². The van der Waals surface area contributed by atoms with Gasteiger partial charge in [0, 0.05) is 19.0 Å². The lowest BCUT2D eigenvalue weighted by atomic mass is 10.1. The molecule has 3 aromatic carbocycles. The van der Waals surface area contributed by atoms with E-state index < -0.39 is 10.0 Å². The van der Waals surface area contributed by atoms with Crippen molar-refractivity contribution < 1.29 is 13.2 Å². The SMILES string of the molecule is Cc1ccc(CNC(=O)CCc2ccc(S(=O)(=O)N[C@H](C)c3ccccc3)cc2)cc1. The van der Waals surface area contributed by atoms with Crippen molar-refractivity contribution in [2.75, 3.05) is 0 Å². The highest BCUT2D eigenvalue weighted by Crippen LogP contribution is 2.17. The first-order chi connectivity index (χ1) is 14.8. The highest BCUT2D eigenvalue weighted by atomic mass is 32.2. The van der Waals surface area contributed by atoms with Crippen molar-refractivity contribution >= 4 is 15.9 Å². The van der Waals surface area contributed by atoms with E-state index in [1.165, 1.54) is 5.56 Å². The smallest absolute Gasteiger partial charge is 0.241 e. The summed E-state index contributed by atoms with van der Waals surface area (Å²) in [6, 6.07) is 23.8. The standard InChI is InChI=1S/C25H28N2O3S/c1-19-8-10-22(11-9-19)18-26-25(28)17-14-21-12-15-24(16-13-21)31(29,30)27-20(2)23-6-4-3-5-7-23/h3-13,15-16,20,27H,14,17-18H2,1-2H3,(H,26,28)/t20-/m1/s1. The Labute approximate surface area is 184 Å². The molecule has 2 N–H and O–H groups in total. The van der Waals surface area contributed by atoms with E-state index in [0.29, 0.717) is 19.4 Å². The van der Waals surface area contributed by atoms with E-state index in [9.17, 15) is 13.2 Å². The van der Waals surface area contributed by atoms with E-state index in [4.69, 9.17) is 0 Å². The highest BCUT2D eigenvalue weighted by Gasteiger charge is 2.18. The molecule has 1 atom stereocenters. The molecule has 0 radical (unpaired) electrons. The van der Waals surface area contributed by atoms with Crippen LogP contribution in [-0.2, 0) is 27.8 Å². The molecule has 1 amide bonds. The summed E-state index contributed by atoms with van der Waals surface area (Å²) in [5.41, 5.74) is 4.07. The summed E-state index contributed by atoms with van der Waals surface area (Å²) >= 11 is 0. The van der Waals surface area contributed by atoms with Gasteiger partial charge in [-0.05, 0) is 49.1 Å². The van der Waals surface area contributed by atoms with E-state index in [0.717, 1.165) is 16.7 Å². The number of carbonyl (C=O) groups is 1. The average molecular weight is 437 g/mol. The minimum absolute atomic E-state index is 0.0318. The minimum Gasteiger partial charge on any atom is -0.352 e. The van der Waals surface area contributed by atoms with Gasteiger partial charge in [0.25, 0.3) is 0 Å². The maximum Gasteiger partial charge on any atom is 0.241 e. The van der Waals surface area contributed by atoms with E-state index in [1.807, 2.05) is 68.4 Å². The largest absolute Gasteiger partial charge is 0.352 e. The van der Waals surface area contributed by atoms with Gasteiger partial charge >= 0.3 is 0 Å². The van der Waals surface area contributed by atoms with Gasteiger partial charge in [-0.15, -0.1) is 0 Å². The molecule has 0 spiro atoms. The molecule has 0 aliphatic carbocycles. The van der Waals surface area contributed by atoms with Crippen molar-refractivity contribution in [3.05, 3.63) is 101 Å². The molecule has 3 aromatic rings. The third kappa shape index (κ3) is 6.77. The first kappa shape index (κ1) is 22.7. The summed E-state index contributed by atoms with van der Waals surface area (Å²) in [7, 11) is -3.63. The van der Waals surface area contributed by atoms with Gasteiger partial charge in [-0.1, -0.05) is 72.3 Å². The molecule has 162 valence electrons. The van der Waals surface area contributed by atoms with Gasteiger partial charge in [0.05, 0.1) is 4.90 Å². The molecule has 0 aromatic heterocycles. The molecule has 0 unspecified atom stereocenters. The number of amides is 1. The van der Waals surface area contributed by atoms with E-state index in [2.05, 4.69) is 10.0 Å². The fraction of sp³-hybridized carbons (Fsp3) is 0.240. The monoisotopic (exact) mass is 436 g/mol. The molecule has 0 heterocycles. The number of sulfonamides is 1. The fourth-order valence-electron chi connectivity index (χ4n) is 3.20. The van der Waals surface area contributed by atoms with Crippen LogP contribution in [0.4, 0.5) is 0 Å². The second kappa shape index (κ2) is 10.4. The van der Waals surface area contributed by atoms with Crippen molar-refractivity contribution in [2.24, 2.45) is 0 Å². The maximum absolute atomic E-state index is 12.7. The van der Waals surface area contributed by atoms with Crippen LogP contribution in [0.25, 0.3) is 0 Å². The topological polar surface area (TPSA) is 75.3 Å². The number of benzene rings is 3. The lowest BCUT2D eigenvalue weighted by Crippen LogP contribution is -2.26. The number of rotatable bonds is 9. The Morgan fingerprint density at radius 2 is 1.48 bits per heavy atom. The predicted molar refractivity (Wildman–Crippen MR) is 123 cm³/mol. The van der Waals surface area contributed by atoms with Crippen LogP contribution in [0.2, 0.25) is 0 Å². The third-order valence-electron chi connectivity index (χ3n) is 5.12. The second-order valence-corrected chi connectivity index (χ2v) is 9.37. The van der Waals surface area contributed by atoms with Crippen LogP contribution in [0.5, 0.6) is 0 Å². The number of nitrogens with one attached hydrogen (secondary N) is 2. The van der Waals surface area contributed by atoms with Gasteiger partial charge < -0.3 is 5.32 Å². The summed E-state index contributed by atoms with van der Waals surface area (Å²) in [5.74, 6) is -0.0318. The molecule has 0 saturated carbocycles. The fourth-order valence-corrected chi connectivity index (χ4v) is 4.43. The molecule has 0 aliphatic rings. The molecule has 3 rings (SSSR count). The van der Waals surface area contributed by atoms with Gasteiger partial charge in [-0.25, -0.2) is 13.1 Å². The number of aryl methyl sites for hydroxylation is 2. The zero-order valence-corrected chi connectivity index (χ0v) is 18.7. The van der Waals surface area contributed by atoms with Gasteiger partial charge in [-0.2, -0.15) is 0 Å². The third-order valence-corrected chi connectivity index (χ3v) is 6.67. The van der Waals surface area contributed by atoms with Crippen molar-refractivity contribution in [2.45, 2.75) is 44.2 Å². The Hall–Kier alpha value is -2.96. The Bertz CT molecular complexity index is 1090. The summed E-state index contributed by atoms with van der Waals surface area (Å²) in [6.07, 6.45) is 0.898. The van der Waals surface area contributed by atoms with Gasteiger partial charge in [0.1, 0.15) is 0 Å². The van der Waals surface area contributed by atoms with Gasteiger partial charge in [-0.3, -0.25) is 4.79 Å². The first-order valence-corrected chi connectivity index (χ1v) is 11.8. The highest BCUT2D eigenvalue weighted by molar-refractivity contribution is 7.89. The number of hydrogen-bond donors (Lipinski definition) is 2. The van der Waals surface area contributed by atoms with Crippen LogP contribution in [0.3, 0.4) is 0 Å². The lowest BCUT2D eigenvalue weighted by molar-refractivity contribution is -0.121. The minimum atomic E-state index is -3.63. The molecule has 31 heavy (non-hydrogen) atoms. The molecule has 0 saturated heterocycles. The number of hydrogen-bond acceptors (Lipinski definition) is 3. The van der Waals surface area contributed by atoms with Crippen LogP contribution < -0.4 is 10.0 Å². The van der Waals surface area contributed by atoms with Gasteiger partial charge in [0.2, 0.25) is 15.9 Å². The number of carbonyl (C=O) groups excluding carboxylic acids is 1. The molecule has 5 nitrogen and oxygen atoms in total. The van der Waals surface area contributed by atoms with Crippen molar-refractivity contribution in [3.8, 4) is 0 Å². The summed E-state index contributed by atoms with van der Waals surface area (Å²) in [5, 5.41) is 2.92. The van der Waals surface area contributed by atoms with Crippen LogP contribution >= 0.6 is 0 Å². The Kier molecular flexibility index (Phi) is 7.60. The van der Waals surface area contributed by atoms with Crippen LogP contribution in [0.1, 0.15) is 41.6 Å². The van der Waals surface area contributed by atoms with E-state index in [-0.39, 0.29) is 16.8 Å². The summed E-state index contributed by atoms with van der Waals surface area (Å²) in [6.45, 7) is 4.34. The van der Waals surface area contributed by atoms with Crippen molar-refractivity contribution in [1.82, 2.24) is 10.0 Å². The second-order valence-electron chi connectivity index (χ2n) is 7.66.